The van der Waals surface area contributed by atoms with E-state index in [4.69, 9.17) is 0 Å². The lowest BCUT2D eigenvalue weighted by Gasteiger charge is -2.42. The molecule has 2 aromatic rings. The summed E-state index contributed by atoms with van der Waals surface area (Å²) in [5.41, 5.74) is -0.212. The summed E-state index contributed by atoms with van der Waals surface area (Å²) < 4.78 is 16.2. The van der Waals surface area contributed by atoms with Gasteiger partial charge in [-0.15, -0.1) is 21.5 Å². The lowest BCUT2D eigenvalue weighted by Crippen LogP contribution is -2.45. The minimum Gasteiger partial charge on any atom is -0.311 e. The summed E-state index contributed by atoms with van der Waals surface area (Å²) in [6.45, 7) is 0. The molecule has 0 N–H and O–H groups in total. The fourth-order valence-corrected chi connectivity index (χ4v) is 4.63. The summed E-state index contributed by atoms with van der Waals surface area (Å²) in [5.74, 6) is 2.82. The molecule has 0 saturated heterocycles. The molecule has 0 radical (unpaired) electrons. The van der Waals surface area contributed by atoms with Crippen molar-refractivity contribution in [3.63, 3.8) is 0 Å². The lowest BCUT2D eigenvalue weighted by atomic mass is 9.65. The first-order valence-electron chi connectivity index (χ1n) is 7.91. The van der Waals surface area contributed by atoms with Crippen LogP contribution in [-0.2, 0) is 5.41 Å². The Bertz CT molecular complexity index is 664. The van der Waals surface area contributed by atoms with E-state index in [9.17, 15) is 4.39 Å². The number of alkyl halides is 1. The minimum atomic E-state index is -0.694. The zero-order valence-electron chi connectivity index (χ0n) is 11.8. The molecule has 2 heterocycles. The van der Waals surface area contributed by atoms with Crippen molar-refractivity contribution in [2.45, 2.75) is 62.1 Å². The Balaban J connectivity index is 1.65. The molecule has 5 rings (SSSR count). The maximum absolute atomic E-state index is 13.8. The molecule has 3 aliphatic rings. The number of thiophene rings is 1. The number of nitrogens with zero attached hydrogens (tertiary/aromatic N) is 3. The molecule has 3 fully saturated rings. The van der Waals surface area contributed by atoms with Crippen molar-refractivity contribution in [3.05, 3.63) is 34.0 Å². The second kappa shape index (κ2) is 4.15. The first-order chi connectivity index (χ1) is 10.3. The third kappa shape index (κ3) is 1.76. The van der Waals surface area contributed by atoms with Gasteiger partial charge >= 0.3 is 0 Å². The van der Waals surface area contributed by atoms with Crippen LogP contribution in [0.3, 0.4) is 0 Å². The SMILES string of the molecule is F[C@H]1C[C@](c2cccs2)(c2nnc(C3CC3)n2C2CC2)C1. The average Bonchev–Trinajstić information content (AvgIpc) is 3.37. The predicted octanol–water partition coefficient (Wildman–Crippen LogP) is 3.97. The van der Waals surface area contributed by atoms with Crippen molar-refractivity contribution < 1.29 is 4.39 Å². The molecular weight excluding hydrogens is 285 g/mol. The molecule has 0 aromatic carbocycles. The second-order valence-electron chi connectivity index (χ2n) is 6.82. The number of rotatable bonds is 4. The summed E-state index contributed by atoms with van der Waals surface area (Å²) in [5, 5.41) is 11.2. The van der Waals surface area contributed by atoms with E-state index in [-0.39, 0.29) is 5.41 Å². The van der Waals surface area contributed by atoms with Crippen molar-refractivity contribution in [1.82, 2.24) is 14.8 Å². The molecule has 0 atom stereocenters. The molecule has 3 saturated carbocycles. The van der Waals surface area contributed by atoms with E-state index in [0.29, 0.717) is 24.8 Å². The summed E-state index contributed by atoms with van der Waals surface area (Å²) in [7, 11) is 0. The van der Waals surface area contributed by atoms with Crippen LogP contribution in [0.15, 0.2) is 17.5 Å². The largest absolute Gasteiger partial charge is 0.311 e. The lowest BCUT2D eigenvalue weighted by molar-refractivity contribution is 0.116. The number of hydrogen-bond acceptors (Lipinski definition) is 3. The topological polar surface area (TPSA) is 30.7 Å². The first-order valence-corrected chi connectivity index (χ1v) is 8.79. The number of aromatic nitrogens is 3. The molecule has 21 heavy (non-hydrogen) atoms. The van der Waals surface area contributed by atoms with Crippen LogP contribution in [0.4, 0.5) is 4.39 Å². The molecular formula is C16H18FN3S. The predicted molar refractivity (Wildman–Crippen MR) is 79.5 cm³/mol. The van der Waals surface area contributed by atoms with Crippen LogP contribution >= 0.6 is 11.3 Å². The minimum absolute atomic E-state index is 0.212. The summed E-state index contributed by atoms with van der Waals surface area (Å²) in [4.78, 5) is 1.26. The van der Waals surface area contributed by atoms with Gasteiger partial charge in [0.1, 0.15) is 17.8 Å². The van der Waals surface area contributed by atoms with E-state index >= 15 is 0 Å². The highest BCUT2D eigenvalue weighted by Crippen LogP contribution is 2.54. The van der Waals surface area contributed by atoms with Crippen molar-refractivity contribution in [3.8, 4) is 0 Å². The standard InChI is InChI=1S/C16H18FN3S/c17-11-8-16(9-11,13-2-1-7-21-13)15-19-18-14(10-3-4-10)20(15)12-5-6-12/h1-2,7,10-12H,3-6,8-9H2/t11-,16-. The molecule has 5 heteroatoms. The molecule has 0 unspecified atom stereocenters. The maximum atomic E-state index is 13.8. The van der Waals surface area contributed by atoms with Crippen LogP contribution in [0.2, 0.25) is 0 Å². The fraction of sp³-hybridized carbons (Fsp3) is 0.625. The van der Waals surface area contributed by atoms with E-state index in [0.717, 1.165) is 5.82 Å². The highest BCUT2D eigenvalue weighted by atomic mass is 32.1. The van der Waals surface area contributed by atoms with Gasteiger partial charge < -0.3 is 4.57 Å². The van der Waals surface area contributed by atoms with Gasteiger partial charge in [-0.1, -0.05) is 6.07 Å². The van der Waals surface area contributed by atoms with E-state index in [2.05, 4.69) is 32.3 Å². The van der Waals surface area contributed by atoms with Gasteiger partial charge in [0.15, 0.2) is 0 Å². The molecule has 110 valence electrons. The molecule has 0 bridgehead atoms. The van der Waals surface area contributed by atoms with Gasteiger partial charge in [-0.25, -0.2) is 4.39 Å². The zero-order chi connectivity index (χ0) is 14.0. The maximum Gasteiger partial charge on any atom is 0.145 e. The Morgan fingerprint density at radius 2 is 2.00 bits per heavy atom. The number of hydrogen-bond donors (Lipinski definition) is 0. The summed E-state index contributed by atoms with van der Waals surface area (Å²) in [6.07, 6.45) is 5.38. The van der Waals surface area contributed by atoms with Gasteiger partial charge in [0, 0.05) is 16.8 Å². The fourth-order valence-electron chi connectivity index (χ4n) is 3.68. The first kappa shape index (κ1) is 12.3. The van der Waals surface area contributed by atoms with Gasteiger partial charge in [0.05, 0.1) is 5.41 Å². The third-order valence-electron chi connectivity index (χ3n) is 5.14. The van der Waals surface area contributed by atoms with Crippen molar-refractivity contribution in [2.75, 3.05) is 0 Å². The molecule has 3 nitrogen and oxygen atoms in total. The molecule has 0 spiro atoms. The van der Waals surface area contributed by atoms with Crippen LogP contribution in [0.25, 0.3) is 0 Å². The normalized spacial score (nSPS) is 32.1. The van der Waals surface area contributed by atoms with Gasteiger partial charge in [0.25, 0.3) is 0 Å². The Kier molecular flexibility index (Phi) is 2.44. The van der Waals surface area contributed by atoms with Crippen LogP contribution in [-0.4, -0.2) is 20.9 Å². The van der Waals surface area contributed by atoms with E-state index in [1.807, 2.05) is 0 Å². The Morgan fingerprint density at radius 1 is 1.19 bits per heavy atom. The van der Waals surface area contributed by atoms with Gasteiger partial charge in [-0.3, -0.25) is 0 Å². The summed E-state index contributed by atoms with van der Waals surface area (Å²) in [6, 6.07) is 4.77. The Morgan fingerprint density at radius 3 is 2.57 bits per heavy atom. The van der Waals surface area contributed by atoms with Crippen LogP contribution in [0, 0.1) is 0 Å². The molecule has 3 aliphatic carbocycles. The highest BCUT2D eigenvalue weighted by Gasteiger charge is 2.53. The quantitative estimate of drug-likeness (QED) is 0.855. The zero-order valence-corrected chi connectivity index (χ0v) is 12.7. The third-order valence-corrected chi connectivity index (χ3v) is 6.21. The van der Waals surface area contributed by atoms with E-state index < -0.39 is 6.17 Å². The van der Waals surface area contributed by atoms with Gasteiger partial charge in [0.2, 0.25) is 0 Å². The van der Waals surface area contributed by atoms with E-state index in [1.54, 1.807) is 11.3 Å². The Hall–Kier alpha value is -1.23. The average molecular weight is 303 g/mol. The molecule has 0 amide bonds. The number of halogens is 1. The van der Waals surface area contributed by atoms with Gasteiger partial charge in [-0.05, 0) is 50.0 Å². The van der Waals surface area contributed by atoms with Gasteiger partial charge in [-0.2, -0.15) is 0 Å². The molecule has 2 aromatic heterocycles. The van der Waals surface area contributed by atoms with Crippen molar-refractivity contribution in [2.24, 2.45) is 0 Å². The summed E-state index contributed by atoms with van der Waals surface area (Å²) >= 11 is 1.73. The van der Waals surface area contributed by atoms with Crippen LogP contribution in [0.1, 0.15) is 67.0 Å². The molecule has 0 aliphatic heterocycles. The van der Waals surface area contributed by atoms with Crippen molar-refractivity contribution in [1.29, 1.82) is 0 Å². The van der Waals surface area contributed by atoms with E-state index in [1.165, 1.54) is 36.4 Å². The second-order valence-corrected chi connectivity index (χ2v) is 7.77. The Labute approximate surface area is 127 Å². The monoisotopic (exact) mass is 303 g/mol. The highest BCUT2D eigenvalue weighted by molar-refractivity contribution is 7.10. The van der Waals surface area contributed by atoms with Crippen LogP contribution < -0.4 is 0 Å². The van der Waals surface area contributed by atoms with Crippen molar-refractivity contribution >= 4 is 11.3 Å². The smallest absolute Gasteiger partial charge is 0.145 e. The van der Waals surface area contributed by atoms with Crippen LogP contribution in [0.5, 0.6) is 0 Å².